The minimum atomic E-state index is -0.364. The summed E-state index contributed by atoms with van der Waals surface area (Å²) in [6.07, 6.45) is 4.33. The van der Waals surface area contributed by atoms with Crippen LogP contribution in [-0.2, 0) is 9.53 Å². The molecular formula is C31H33FN4O6. The minimum Gasteiger partial charge on any atom is -0.493 e. The number of ether oxygens (including phenoxy) is 4. The average molecular weight is 577 g/mol. The summed E-state index contributed by atoms with van der Waals surface area (Å²) in [6.45, 7) is 4.41. The lowest BCUT2D eigenvalue weighted by Crippen LogP contribution is -2.36. The van der Waals surface area contributed by atoms with E-state index >= 15 is 0 Å². The highest BCUT2D eigenvalue weighted by Crippen LogP contribution is 2.38. The molecule has 0 N–H and O–H groups in total. The molecule has 0 bridgehead atoms. The van der Waals surface area contributed by atoms with Crippen LogP contribution in [0.3, 0.4) is 0 Å². The highest BCUT2D eigenvalue weighted by Gasteiger charge is 2.39. The Bertz CT molecular complexity index is 1480. The predicted octanol–water partition coefficient (Wildman–Crippen LogP) is 5.09. The van der Waals surface area contributed by atoms with Gasteiger partial charge < -0.3 is 23.8 Å². The SMILES string of the molecule is COc1cc2c(cc1OCCCCCOc1cc(-c3ccc(F)cc3)nc(C)n1)N=CC1CC(OC(C)=O)CN1C2=O. The van der Waals surface area contributed by atoms with Gasteiger partial charge in [0.2, 0.25) is 5.88 Å². The molecule has 5 rings (SSSR count). The summed E-state index contributed by atoms with van der Waals surface area (Å²) in [5.41, 5.74) is 2.41. The Hall–Kier alpha value is -4.54. The summed E-state index contributed by atoms with van der Waals surface area (Å²) in [6, 6.07) is 11.0. The summed E-state index contributed by atoms with van der Waals surface area (Å²) < 4.78 is 36.0. The Morgan fingerprint density at radius 3 is 2.52 bits per heavy atom. The highest BCUT2D eigenvalue weighted by atomic mass is 19.1. The largest absolute Gasteiger partial charge is 0.493 e. The molecule has 1 saturated heterocycles. The van der Waals surface area contributed by atoms with Gasteiger partial charge in [-0.3, -0.25) is 14.6 Å². The quantitative estimate of drug-likeness (QED) is 0.229. The van der Waals surface area contributed by atoms with E-state index in [4.69, 9.17) is 18.9 Å². The zero-order valence-corrected chi connectivity index (χ0v) is 23.8. The van der Waals surface area contributed by atoms with E-state index < -0.39 is 0 Å². The molecule has 2 aromatic carbocycles. The molecule has 2 aliphatic rings. The van der Waals surface area contributed by atoms with Crippen LogP contribution in [0.1, 0.15) is 48.8 Å². The molecule has 0 saturated carbocycles. The third kappa shape index (κ3) is 6.84. The first kappa shape index (κ1) is 29.0. The highest BCUT2D eigenvalue weighted by molar-refractivity contribution is 6.03. The first-order chi connectivity index (χ1) is 20.3. The van der Waals surface area contributed by atoms with E-state index in [9.17, 15) is 14.0 Å². The number of aryl methyl sites for hydroxylation is 1. The van der Waals surface area contributed by atoms with Gasteiger partial charge in [-0.05, 0) is 56.5 Å². The molecule has 3 aromatic rings. The Morgan fingerprint density at radius 1 is 1.02 bits per heavy atom. The number of benzene rings is 2. The van der Waals surface area contributed by atoms with Crippen molar-refractivity contribution >= 4 is 23.8 Å². The van der Waals surface area contributed by atoms with E-state index in [0.29, 0.717) is 66.3 Å². The van der Waals surface area contributed by atoms with Crippen molar-refractivity contribution in [3.63, 3.8) is 0 Å². The summed E-state index contributed by atoms with van der Waals surface area (Å²) >= 11 is 0. The number of carbonyl (C=O) groups is 2. The zero-order chi connectivity index (χ0) is 29.6. The van der Waals surface area contributed by atoms with Crippen molar-refractivity contribution in [3.8, 4) is 28.6 Å². The van der Waals surface area contributed by atoms with Gasteiger partial charge in [-0.1, -0.05) is 0 Å². The van der Waals surface area contributed by atoms with Crippen molar-refractivity contribution < 1.29 is 32.9 Å². The number of hydrogen-bond donors (Lipinski definition) is 0. The van der Waals surface area contributed by atoms with E-state index in [1.54, 1.807) is 48.4 Å². The molecule has 220 valence electrons. The van der Waals surface area contributed by atoms with Crippen molar-refractivity contribution in [1.29, 1.82) is 0 Å². The van der Waals surface area contributed by atoms with Gasteiger partial charge in [0, 0.05) is 37.3 Å². The third-order valence-corrected chi connectivity index (χ3v) is 7.05. The van der Waals surface area contributed by atoms with Gasteiger partial charge in [-0.25, -0.2) is 9.37 Å². The molecular weight excluding hydrogens is 543 g/mol. The van der Waals surface area contributed by atoms with Crippen LogP contribution in [-0.4, -0.2) is 72.0 Å². The van der Waals surface area contributed by atoms with E-state index in [0.717, 1.165) is 24.8 Å². The monoisotopic (exact) mass is 576 g/mol. The number of halogens is 1. The molecule has 10 nitrogen and oxygen atoms in total. The maximum absolute atomic E-state index is 13.3. The summed E-state index contributed by atoms with van der Waals surface area (Å²) in [4.78, 5) is 39.6. The fraction of sp³-hybridized carbons (Fsp3) is 0.387. The van der Waals surface area contributed by atoms with E-state index in [-0.39, 0.29) is 29.8 Å². The number of methoxy groups -OCH3 is 1. The molecule has 3 heterocycles. The topological polar surface area (TPSA) is 112 Å². The zero-order valence-electron chi connectivity index (χ0n) is 23.8. The lowest BCUT2D eigenvalue weighted by Gasteiger charge is -2.20. The van der Waals surface area contributed by atoms with Crippen molar-refractivity contribution in [2.45, 2.75) is 51.7 Å². The fourth-order valence-corrected chi connectivity index (χ4v) is 5.06. The van der Waals surface area contributed by atoms with Crippen molar-refractivity contribution in [2.24, 2.45) is 4.99 Å². The molecule has 0 spiro atoms. The minimum absolute atomic E-state index is 0.185. The van der Waals surface area contributed by atoms with Crippen molar-refractivity contribution in [1.82, 2.24) is 14.9 Å². The maximum Gasteiger partial charge on any atom is 0.302 e. The summed E-state index contributed by atoms with van der Waals surface area (Å²) in [5, 5.41) is 0. The molecule has 1 aromatic heterocycles. The van der Waals surface area contributed by atoms with Gasteiger partial charge in [-0.2, -0.15) is 4.98 Å². The number of esters is 1. The number of nitrogens with zero attached hydrogens (tertiary/aromatic N) is 4. The summed E-state index contributed by atoms with van der Waals surface area (Å²) in [5.74, 6) is 1.17. The smallest absolute Gasteiger partial charge is 0.302 e. The van der Waals surface area contributed by atoms with E-state index in [2.05, 4.69) is 15.0 Å². The Labute approximate surface area is 243 Å². The lowest BCUT2D eigenvalue weighted by molar-refractivity contribution is -0.145. The second-order valence-electron chi connectivity index (χ2n) is 10.2. The van der Waals surface area contributed by atoms with Crippen LogP contribution in [0.5, 0.6) is 17.4 Å². The van der Waals surface area contributed by atoms with Gasteiger partial charge in [0.15, 0.2) is 11.5 Å². The molecule has 2 atom stereocenters. The third-order valence-electron chi connectivity index (χ3n) is 7.05. The van der Waals surface area contributed by atoms with Crippen LogP contribution in [0, 0.1) is 12.7 Å². The molecule has 2 aliphatic heterocycles. The molecule has 1 fully saturated rings. The fourth-order valence-electron chi connectivity index (χ4n) is 5.06. The Balaban J connectivity index is 1.11. The number of hydrogen-bond acceptors (Lipinski definition) is 9. The maximum atomic E-state index is 13.3. The van der Waals surface area contributed by atoms with Gasteiger partial charge in [0.25, 0.3) is 5.91 Å². The number of carbonyl (C=O) groups excluding carboxylic acids is 2. The first-order valence-electron chi connectivity index (χ1n) is 13.9. The second kappa shape index (κ2) is 13.0. The van der Waals surface area contributed by atoms with Crippen LogP contribution in [0.15, 0.2) is 47.5 Å². The number of fused-ring (bicyclic) bond motifs is 2. The number of aliphatic imine (C=N–C) groups is 1. The number of aromatic nitrogens is 2. The number of unbranched alkanes of at least 4 members (excludes halogenated alkanes) is 2. The van der Waals surface area contributed by atoms with Crippen molar-refractivity contribution in [3.05, 3.63) is 59.7 Å². The lowest BCUT2D eigenvalue weighted by atomic mass is 10.1. The molecule has 0 radical (unpaired) electrons. The van der Waals surface area contributed by atoms with Gasteiger partial charge in [-0.15, -0.1) is 0 Å². The Kier molecular flexibility index (Phi) is 8.94. The number of amides is 1. The second-order valence-corrected chi connectivity index (χ2v) is 10.2. The van der Waals surface area contributed by atoms with Gasteiger partial charge >= 0.3 is 5.97 Å². The molecule has 11 heteroatoms. The van der Waals surface area contributed by atoms with Crippen LogP contribution in [0.25, 0.3) is 11.3 Å². The molecule has 42 heavy (non-hydrogen) atoms. The van der Waals surface area contributed by atoms with Crippen LogP contribution in [0.2, 0.25) is 0 Å². The van der Waals surface area contributed by atoms with Gasteiger partial charge in [0.1, 0.15) is 17.7 Å². The normalized spacial score (nSPS) is 17.3. The van der Waals surface area contributed by atoms with Crippen molar-refractivity contribution in [2.75, 3.05) is 26.9 Å². The number of rotatable bonds is 11. The van der Waals surface area contributed by atoms with E-state index in [1.807, 2.05) is 0 Å². The van der Waals surface area contributed by atoms with Crippen LogP contribution < -0.4 is 14.2 Å². The summed E-state index contributed by atoms with van der Waals surface area (Å²) in [7, 11) is 1.53. The average Bonchev–Trinajstić information content (AvgIpc) is 3.31. The predicted molar refractivity (Wildman–Crippen MR) is 153 cm³/mol. The first-order valence-corrected chi connectivity index (χ1v) is 13.9. The van der Waals surface area contributed by atoms with E-state index in [1.165, 1.54) is 26.2 Å². The molecule has 0 aliphatic carbocycles. The molecule has 1 amide bonds. The molecule has 2 unspecified atom stereocenters. The Morgan fingerprint density at radius 2 is 1.79 bits per heavy atom. The van der Waals surface area contributed by atoms with Gasteiger partial charge in [0.05, 0.1) is 49.9 Å². The standard InChI is InChI=1S/C31H33FN4O6/c1-19-34-26(21-7-9-22(32)10-8-21)16-30(35-19)41-12-6-4-5-11-40-29-15-27-25(14-28(29)39-3)31(38)36-18-24(42-20(2)37)13-23(36)17-33-27/h7-10,14-17,23-24H,4-6,11-13,18H2,1-3H3. The van der Waals surface area contributed by atoms with Crippen LogP contribution in [0.4, 0.5) is 10.1 Å². The van der Waals surface area contributed by atoms with Crippen LogP contribution >= 0.6 is 0 Å².